The van der Waals surface area contributed by atoms with Crippen LogP contribution in [0.3, 0.4) is 0 Å². The van der Waals surface area contributed by atoms with Gasteiger partial charge in [0.15, 0.2) is 11.6 Å². The first-order chi connectivity index (χ1) is 17.3. The molecule has 0 radical (unpaired) electrons. The van der Waals surface area contributed by atoms with Gasteiger partial charge in [0, 0.05) is 24.1 Å². The molecule has 0 aliphatic carbocycles. The maximum absolute atomic E-state index is 14.6. The molecule has 3 atom stereocenters. The first-order valence-electron chi connectivity index (χ1n) is 10.9. The lowest BCUT2D eigenvalue weighted by molar-refractivity contribution is -0.134. The molecule has 0 bridgehead atoms. The van der Waals surface area contributed by atoms with E-state index in [0.29, 0.717) is 6.20 Å². The minimum absolute atomic E-state index is 0.101. The molecule has 2 aromatic heterocycles. The average Bonchev–Trinajstić information content (AvgIpc) is 3.44. The fourth-order valence-electron chi connectivity index (χ4n) is 4.08. The molecule has 4 rings (SSSR count). The van der Waals surface area contributed by atoms with E-state index in [1.807, 2.05) is 0 Å². The fraction of sp³-hybridized carbons (Fsp3) is 0.348. The molecule has 0 spiro atoms. The number of thiazole rings is 1. The molecule has 1 saturated heterocycles. The summed E-state index contributed by atoms with van der Waals surface area (Å²) in [6.07, 6.45) is -5.63. The number of hydrogen-bond acceptors (Lipinski definition) is 6. The summed E-state index contributed by atoms with van der Waals surface area (Å²) < 4.78 is 108. The highest BCUT2D eigenvalue weighted by atomic mass is 32.2. The molecular weight excluding hydrogens is 544 g/mol. The normalized spacial score (nSPS) is 20.9. The summed E-state index contributed by atoms with van der Waals surface area (Å²) in [6, 6.07) is 2.63. The van der Waals surface area contributed by atoms with Crippen LogP contribution >= 0.6 is 11.3 Å². The molecule has 0 saturated carbocycles. The molecule has 14 heteroatoms. The van der Waals surface area contributed by atoms with Gasteiger partial charge in [-0.15, -0.1) is 11.3 Å². The van der Waals surface area contributed by atoms with Crippen LogP contribution in [0, 0.1) is 11.6 Å². The average molecular weight is 564 g/mol. The SMILES string of the molecule is C[C@H]1[C@H](F)C[C@@H](C(=O)CCc2cc(-c3ncc(C(F)(F)F)s3)c(F)cn2)N1S(=O)(=O)c1ccc(F)cc1. The van der Waals surface area contributed by atoms with Crippen LogP contribution in [0.2, 0.25) is 0 Å². The third-order valence-electron chi connectivity index (χ3n) is 6.00. The van der Waals surface area contributed by atoms with Gasteiger partial charge in [-0.3, -0.25) is 9.78 Å². The number of ketones is 1. The Hall–Kier alpha value is -2.84. The second kappa shape index (κ2) is 10.1. The van der Waals surface area contributed by atoms with E-state index >= 15 is 0 Å². The molecular formula is C23H19F6N3O3S2. The summed E-state index contributed by atoms with van der Waals surface area (Å²) >= 11 is 0.253. The number of aryl methyl sites for hydroxylation is 1. The van der Waals surface area contributed by atoms with Crippen LogP contribution in [0.5, 0.6) is 0 Å². The standard InChI is InChI=1S/C23H19F6N3O3S2/c1-12-17(25)9-19(32(12)37(34,35)15-5-2-13(24)3-6-15)20(33)7-4-14-8-16(18(26)10-30-14)22-31-11-21(36-22)23(27,28)29/h2-3,5-6,8,10-12,17,19H,4,7,9H2,1H3/t12-,17+,19-/m0/s1. The van der Waals surface area contributed by atoms with E-state index in [1.165, 1.54) is 13.0 Å². The summed E-state index contributed by atoms with van der Waals surface area (Å²) in [6.45, 7) is 1.33. The van der Waals surface area contributed by atoms with Gasteiger partial charge in [0.1, 0.15) is 21.9 Å². The molecule has 3 aromatic rings. The number of aromatic nitrogens is 2. The highest BCUT2D eigenvalue weighted by Gasteiger charge is 2.48. The number of hydrogen-bond donors (Lipinski definition) is 0. The number of benzene rings is 1. The van der Waals surface area contributed by atoms with E-state index in [-0.39, 0.29) is 51.8 Å². The van der Waals surface area contributed by atoms with Gasteiger partial charge in [0.05, 0.1) is 29.4 Å². The van der Waals surface area contributed by atoms with Crippen LogP contribution in [0.25, 0.3) is 10.6 Å². The minimum atomic E-state index is -4.64. The van der Waals surface area contributed by atoms with Crippen molar-refractivity contribution in [3.8, 4) is 10.6 Å². The Morgan fingerprint density at radius 3 is 2.43 bits per heavy atom. The van der Waals surface area contributed by atoms with Crippen molar-refractivity contribution in [1.29, 1.82) is 0 Å². The van der Waals surface area contributed by atoms with Gasteiger partial charge < -0.3 is 0 Å². The predicted octanol–water partition coefficient (Wildman–Crippen LogP) is 5.19. The van der Waals surface area contributed by atoms with Crippen LogP contribution in [0.15, 0.2) is 47.6 Å². The minimum Gasteiger partial charge on any atom is -0.298 e. The highest BCUT2D eigenvalue weighted by molar-refractivity contribution is 7.89. The Morgan fingerprint density at radius 1 is 1.14 bits per heavy atom. The van der Waals surface area contributed by atoms with Crippen LogP contribution in [0.4, 0.5) is 26.3 Å². The first-order valence-corrected chi connectivity index (χ1v) is 13.2. The molecule has 0 unspecified atom stereocenters. The lowest BCUT2D eigenvalue weighted by Gasteiger charge is -2.26. The van der Waals surface area contributed by atoms with Crippen LogP contribution in [-0.2, 0) is 27.4 Å². The van der Waals surface area contributed by atoms with Crippen LogP contribution < -0.4 is 0 Å². The lowest BCUT2D eigenvalue weighted by Crippen LogP contribution is -2.44. The van der Waals surface area contributed by atoms with E-state index in [0.717, 1.165) is 34.8 Å². The number of sulfonamides is 1. The van der Waals surface area contributed by atoms with Gasteiger partial charge in [-0.05, 0) is 43.7 Å². The number of halogens is 6. The molecule has 0 amide bonds. The Bertz CT molecular complexity index is 1410. The third-order valence-corrected chi connectivity index (χ3v) is 9.08. The smallest absolute Gasteiger partial charge is 0.298 e. The molecule has 6 nitrogen and oxygen atoms in total. The van der Waals surface area contributed by atoms with Crippen molar-refractivity contribution in [1.82, 2.24) is 14.3 Å². The maximum Gasteiger partial charge on any atom is 0.427 e. The van der Waals surface area contributed by atoms with Crippen molar-refractivity contribution in [3.05, 3.63) is 64.9 Å². The first kappa shape index (κ1) is 27.2. The molecule has 1 aliphatic heterocycles. The second-order valence-corrected chi connectivity index (χ2v) is 11.3. The van der Waals surface area contributed by atoms with Gasteiger partial charge >= 0.3 is 6.18 Å². The zero-order valence-corrected chi connectivity index (χ0v) is 20.7. The van der Waals surface area contributed by atoms with E-state index in [4.69, 9.17) is 0 Å². The quantitative estimate of drug-likeness (QED) is 0.370. The lowest BCUT2D eigenvalue weighted by atomic mass is 10.0. The number of nitrogens with zero attached hydrogens (tertiary/aromatic N) is 3. The van der Waals surface area contributed by atoms with E-state index in [9.17, 15) is 39.6 Å². The van der Waals surface area contributed by atoms with Gasteiger partial charge in [-0.1, -0.05) is 0 Å². The summed E-state index contributed by atoms with van der Waals surface area (Å²) in [5.74, 6) is -2.18. The van der Waals surface area contributed by atoms with Crippen molar-refractivity contribution in [2.45, 2.75) is 55.5 Å². The number of rotatable bonds is 7. The Balaban J connectivity index is 1.53. The number of Topliss-reactive ketones (excluding diaryl/α,β-unsaturated/α-hetero) is 1. The maximum atomic E-state index is 14.6. The zero-order valence-electron chi connectivity index (χ0n) is 19.0. The van der Waals surface area contributed by atoms with Crippen molar-refractivity contribution in [2.24, 2.45) is 0 Å². The molecule has 1 fully saturated rings. The molecule has 37 heavy (non-hydrogen) atoms. The number of carbonyl (C=O) groups is 1. The Morgan fingerprint density at radius 2 is 1.81 bits per heavy atom. The summed E-state index contributed by atoms with van der Waals surface area (Å²) in [7, 11) is -4.33. The topological polar surface area (TPSA) is 80.2 Å². The van der Waals surface area contributed by atoms with Gasteiger partial charge in [-0.25, -0.2) is 26.6 Å². The summed E-state index contributed by atoms with van der Waals surface area (Å²) in [4.78, 5) is 19.2. The summed E-state index contributed by atoms with van der Waals surface area (Å²) in [5, 5.41) is -0.221. The molecule has 198 valence electrons. The molecule has 1 aromatic carbocycles. The Kier molecular flexibility index (Phi) is 7.45. The Labute approximate surface area is 212 Å². The van der Waals surface area contributed by atoms with Crippen LogP contribution in [-0.4, -0.2) is 46.7 Å². The zero-order chi connectivity index (χ0) is 27.1. The highest BCUT2D eigenvalue weighted by Crippen LogP contribution is 2.38. The monoisotopic (exact) mass is 563 g/mol. The number of pyridine rings is 1. The molecule has 3 heterocycles. The van der Waals surface area contributed by atoms with Gasteiger partial charge in [0.25, 0.3) is 0 Å². The van der Waals surface area contributed by atoms with E-state index in [2.05, 4.69) is 9.97 Å². The summed E-state index contributed by atoms with van der Waals surface area (Å²) in [5.41, 5.74) is -0.0685. The van der Waals surface area contributed by atoms with E-state index < -0.39 is 56.7 Å². The van der Waals surface area contributed by atoms with Crippen molar-refractivity contribution in [2.75, 3.05) is 0 Å². The van der Waals surface area contributed by atoms with Crippen molar-refractivity contribution < 1.29 is 39.6 Å². The molecule has 0 N–H and O–H groups in total. The second-order valence-electron chi connectivity index (χ2n) is 8.45. The number of carbonyl (C=O) groups excluding carboxylic acids is 1. The predicted molar refractivity (Wildman–Crippen MR) is 122 cm³/mol. The van der Waals surface area contributed by atoms with Crippen molar-refractivity contribution >= 4 is 27.1 Å². The fourth-order valence-corrected chi connectivity index (χ4v) is 6.71. The molecule has 1 aliphatic rings. The third kappa shape index (κ3) is 5.55. The van der Waals surface area contributed by atoms with Gasteiger partial charge in [-0.2, -0.15) is 17.5 Å². The van der Waals surface area contributed by atoms with E-state index in [1.54, 1.807) is 0 Å². The van der Waals surface area contributed by atoms with Gasteiger partial charge in [0.2, 0.25) is 10.0 Å². The van der Waals surface area contributed by atoms with Crippen LogP contribution in [0.1, 0.15) is 30.3 Å². The number of alkyl halides is 4. The van der Waals surface area contributed by atoms with Crippen molar-refractivity contribution in [3.63, 3.8) is 0 Å². The largest absolute Gasteiger partial charge is 0.427 e.